The van der Waals surface area contributed by atoms with E-state index < -0.39 is 21.2 Å². The highest BCUT2D eigenvalue weighted by Crippen LogP contribution is 2.66. The Morgan fingerprint density at radius 1 is 1.25 bits per heavy atom. The van der Waals surface area contributed by atoms with Gasteiger partial charge in [0.25, 0.3) is 0 Å². The van der Waals surface area contributed by atoms with Gasteiger partial charge in [0.1, 0.15) is 10.4 Å². The highest BCUT2D eigenvalue weighted by molar-refractivity contribution is 8.34. The molecule has 2 atom stereocenters. The van der Waals surface area contributed by atoms with Gasteiger partial charge in [0.2, 0.25) is 0 Å². The molecule has 1 heterocycles. The van der Waals surface area contributed by atoms with Gasteiger partial charge in [-0.3, -0.25) is 9.11 Å². The lowest BCUT2D eigenvalue weighted by molar-refractivity contribution is 0.456. The summed E-state index contributed by atoms with van der Waals surface area (Å²) in [7, 11) is -3.19. The molecule has 4 N–H and O–H groups in total. The van der Waals surface area contributed by atoms with E-state index in [1.54, 1.807) is 12.1 Å². The van der Waals surface area contributed by atoms with Crippen molar-refractivity contribution < 1.29 is 13.5 Å². The van der Waals surface area contributed by atoms with Crippen LogP contribution in [0, 0.1) is 11.7 Å². The molecule has 0 aromatic heterocycles. The largest absolute Gasteiger partial charge is 0.330 e. The molecule has 1 aliphatic heterocycles. The van der Waals surface area contributed by atoms with Gasteiger partial charge in [0.15, 0.2) is 0 Å². The highest BCUT2D eigenvalue weighted by Gasteiger charge is 2.42. The maximum Gasteiger partial charge on any atom is 0.125 e. The maximum atomic E-state index is 13.7. The average molecular weight is 368 g/mol. The number of nitrogens with two attached hydrogens (primary N) is 1. The number of para-hydroxylation sites is 1. The molecule has 7 heteroatoms. The van der Waals surface area contributed by atoms with Crippen LogP contribution in [0.3, 0.4) is 0 Å². The van der Waals surface area contributed by atoms with E-state index in [4.69, 9.17) is 5.73 Å². The molecule has 2 aromatic rings. The molecule has 2 aromatic carbocycles. The monoisotopic (exact) mass is 368 g/mol. The molecule has 130 valence electrons. The standard InChI is InChI=1S/C17H21FN2O2S2/c1-12(9-10-19)17-23-16-8-3-2-7-15(16)20(24(17,21)22)14-6-4-5-13(18)11-14/h2-8,11-12,17,21-22H,9-10,19H2,1H3. The first-order chi connectivity index (χ1) is 11.4. The quantitative estimate of drug-likeness (QED) is 0.705. The number of fused-ring (bicyclic) bond motifs is 1. The van der Waals surface area contributed by atoms with Crippen LogP contribution in [-0.2, 0) is 0 Å². The predicted octanol–water partition coefficient (Wildman–Crippen LogP) is 5.05. The van der Waals surface area contributed by atoms with E-state index in [1.807, 2.05) is 31.2 Å². The van der Waals surface area contributed by atoms with E-state index >= 15 is 0 Å². The summed E-state index contributed by atoms with van der Waals surface area (Å²) in [6.45, 7) is 2.45. The topological polar surface area (TPSA) is 69.7 Å². The SMILES string of the molecule is CC(CCN)C1Sc2ccccc2N(c2cccc(F)c2)S1(O)O. The Labute approximate surface area is 147 Å². The molecule has 0 saturated carbocycles. The van der Waals surface area contributed by atoms with Crippen LogP contribution in [0.5, 0.6) is 0 Å². The number of benzene rings is 2. The third-order valence-corrected chi connectivity index (χ3v) is 8.43. The molecule has 0 saturated heterocycles. The fourth-order valence-electron chi connectivity index (χ4n) is 2.89. The van der Waals surface area contributed by atoms with Crippen LogP contribution in [0.25, 0.3) is 0 Å². The summed E-state index contributed by atoms with van der Waals surface area (Å²) < 4.78 is 36.9. The molecule has 0 fully saturated rings. The van der Waals surface area contributed by atoms with E-state index in [9.17, 15) is 13.5 Å². The van der Waals surface area contributed by atoms with Crippen LogP contribution in [0.15, 0.2) is 53.4 Å². The number of anilines is 2. The minimum atomic E-state index is -3.19. The van der Waals surface area contributed by atoms with Crippen LogP contribution in [0.1, 0.15) is 13.3 Å². The third-order valence-electron chi connectivity index (χ3n) is 4.04. The minimum Gasteiger partial charge on any atom is -0.330 e. The Bertz CT molecular complexity index is 729. The van der Waals surface area contributed by atoms with Gasteiger partial charge < -0.3 is 5.73 Å². The van der Waals surface area contributed by atoms with Gasteiger partial charge in [-0.1, -0.05) is 36.9 Å². The zero-order valence-corrected chi connectivity index (χ0v) is 14.9. The lowest BCUT2D eigenvalue weighted by atomic mass is 10.1. The van der Waals surface area contributed by atoms with Gasteiger partial charge in [-0.2, -0.15) is 0 Å². The first-order valence-corrected chi connectivity index (χ1v) is 10.2. The zero-order valence-electron chi connectivity index (χ0n) is 13.3. The van der Waals surface area contributed by atoms with Crippen LogP contribution in [-0.4, -0.2) is 20.2 Å². The fourth-order valence-corrected chi connectivity index (χ4v) is 6.93. The van der Waals surface area contributed by atoms with Crippen molar-refractivity contribution in [2.24, 2.45) is 11.7 Å². The molecule has 0 aliphatic carbocycles. The van der Waals surface area contributed by atoms with Crippen molar-refractivity contribution in [1.82, 2.24) is 0 Å². The molecule has 2 unspecified atom stereocenters. The Morgan fingerprint density at radius 2 is 2.00 bits per heavy atom. The van der Waals surface area contributed by atoms with Gasteiger partial charge in [-0.25, -0.2) is 8.70 Å². The fraction of sp³-hybridized carbons (Fsp3) is 0.294. The van der Waals surface area contributed by atoms with Crippen LogP contribution in [0.4, 0.5) is 15.8 Å². The van der Waals surface area contributed by atoms with Gasteiger partial charge >= 0.3 is 0 Å². The van der Waals surface area contributed by atoms with Crippen molar-refractivity contribution >= 4 is 33.9 Å². The van der Waals surface area contributed by atoms with Crippen LogP contribution >= 0.6 is 22.5 Å². The molecular weight excluding hydrogens is 347 g/mol. The zero-order chi connectivity index (χ0) is 17.3. The summed E-state index contributed by atoms with van der Waals surface area (Å²) in [5.41, 5.74) is 6.78. The number of hydrogen-bond acceptors (Lipinski definition) is 5. The maximum absolute atomic E-state index is 13.7. The molecule has 0 radical (unpaired) electrons. The molecule has 4 nitrogen and oxygen atoms in total. The van der Waals surface area contributed by atoms with Gasteiger partial charge in [-0.15, -0.1) is 10.8 Å². The highest BCUT2D eigenvalue weighted by atomic mass is 32.3. The van der Waals surface area contributed by atoms with E-state index in [1.165, 1.54) is 28.2 Å². The number of halogens is 1. The Morgan fingerprint density at radius 3 is 2.71 bits per heavy atom. The number of thioether (sulfide) groups is 1. The summed E-state index contributed by atoms with van der Waals surface area (Å²) >= 11 is 1.46. The minimum absolute atomic E-state index is 0.00872. The van der Waals surface area contributed by atoms with E-state index in [2.05, 4.69) is 0 Å². The first kappa shape index (κ1) is 17.6. The van der Waals surface area contributed by atoms with Crippen molar-refractivity contribution in [3.05, 3.63) is 54.3 Å². The van der Waals surface area contributed by atoms with Crippen molar-refractivity contribution in [2.75, 3.05) is 10.8 Å². The van der Waals surface area contributed by atoms with Gasteiger partial charge in [-0.05, 0) is 49.2 Å². The summed E-state index contributed by atoms with van der Waals surface area (Å²) in [4.78, 5) is 0.946. The summed E-state index contributed by atoms with van der Waals surface area (Å²) in [5, 5.41) is 0. The van der Waals surface area contributed by atoms with E-state index in [0.29, 0.717) is 24.3 Å². The molecule has 1 aliphatic rings. The van der Waals surface area contributed by atoms with Gasteiger partial charge in [0.05, 0.1) is 11.4 Å². The number of hydrogen-bond donors (Lipinski definition) is 3. The number of rotatable bonds is 4. The summed E-state index contributed by atoms with van der Waals surface area (Å²) in [6, 6.07) is 13.5. The van der Waals surface area contributed by atoms with Crippen LogP contribution < -0.4 is 10.0 Å². The third kappa shape index (κ3) is 3.14. The molecule has 0 spiro atoms. The first-order valence-electron chi connectivity index (χ1n) is 7.74. The van der Waals surface area contributed by atoms with Crippen molar-refractivity contribution in [1.29, 1.82) is 0 Å². The predicted molar refractivity (Wildman–Crippen MR) is 100 cm³/mol. The molecule has 24 heavy (non-hydrogen) atoms. The lowest BCUT2D eigenvalue weighted by Crippen LogP contribution is -2.37. The number of nitrogens with zero attached hydrogens (tertiary/aromatic N) is 1. The molecular formula is C17H21FN2O2S2. The van der Waals surface area contributed by atoms with E-state index in [-0.39, 0.29) is 5.92 Å². The Balaban J connectivity index is 2.13. The lowest BCUT2D eigenvalue weighted by Gasteiger charge is -2.53. The van der Waals surface area contributed by atoms with Crippen molar-refractivity contribution in [2.45, 2.75) is 22.8 Å². The second-order valence-electron chi connectivity index (χ2n) is 5.84. The van der Waals surface area contributed by atoms with Crippen molar-refractivity contribution in [3.8, 4) is 0 Å². The van der Waals surface area contributed by atoms with E-state index in [0.717, 1.165) is 4.90 Å². The molecule has 0 bridgehead atoms. The average Bonchev–Trinajstić information content (AvgIpc) is 2.53. The van der Waals surface area contributed by atoms with Crippen molar-refractivity contribution in [3.63, 3.8) is 0 Å². The summed E-state index contributed by atoms with van der Waals surface area (Å²) in [5.74, 6) is -0.403. The summed E-state index contributed by atoms with van der Waals surface area (Å²) in [6.07, 6.45) is 0.687. The second-order valence-corrected chi connectivity index (χ2v) is 9.32. The second kappa shape index (κ2) is 6.93. The molecule has 3 rings (SSSR count). The van der Waals surface area contributed by atoms with Crippen LogP contribution in [0.2, 0.25) is 0 Å². The normalized spacial score (nSPS) is 21.9. The molecule has 0 amide bonds. The Hall–Kier alpha value is -1.25. The smallest absolute Gasteiger partial charge is 0.125 e. The van der Waals surface area contributed by atoms with Gasteiger partial charge in [0, 0.05) is 4.90 Å². The Kier molecular flexibility index (Phi) is 5.08.